The largest absolute Gasteiger partial charge is 0.360 e. The van der Waals surface area contributed by atoms with Crippen molar-refractivity contribution in [2.75, 3.05) is 10.0 Å². The maximum atomic E-state index is 12.2. The third-order valence-electron chi connectivity index (χ3n) is 2.85. The van der Waals surface area contributed by atoms with Crippen molar-refractivity contribution in [3.05, 3.63) is 52.6 Å². The minimum atomic E-state index is -3.62. The number of sulfonamides is 1. The maximum Gasteiger partial charge on any atom is 0.271 e. The van der Waals surface area contributed by atoms with Gasteiger partial charge in [0.25, 0.3) is 10.0 Å². The van der Waals surface area contributed by atoms with E-state index in [1.807, 2.05) is 0 Å². The Balaban J connectivity index is 1.72. The van der Waals surface area contributed by atoms with Crippen LogP contribution in [-0.2, 0) is 10.0 Å². The monoisotopic (exact) mass is 369 g/mol. The van der Waals surface area contributed by atoms with Crippen LogP contribution >= 0.6 is 22.9 Å². The molecule has 0 saturated carbocycles. The van der Waals surface area contributed by atoms with Gasteiger partial charge in [-0.15, -0.1) is 11.3 Å². The van der Waals surface area contributed by atoms with Crippen molar-refractivity contribution in [2.45, 2.75) is 11.1 Å². The minimum absolute atomic E-state index is 0.169. The zero-order chi connectivity index (χ0) is 16.4. The van der Waals surface area contributed by atoms with Crippen LogP contribution in [0, 0.1) is 6.92 Å². The quantitative estimate of drug-likeness (QED) is 0.702. The van der Waals surface area contributed by atoms with Gasteiger partial charge in [0.1, 0.15) is 9.97 Å². The first-order valence-corrected chi connectivity index (χ1v) is 9.19. The molecule has 0 aliphatic heterocycles. The number of aryl methyl sites for hydroxylation is 1. The lowest BCUT2D eigenvalue weighted by Gasteiger charge is -2.07. The molecule has 23 heavy (non-hydrogen) atoms. The molecule has 0 aliphatic carbocycles. The molecule has 120 valence electrons. The highest BCUT2D eigenvalue weighted by Gasteiger charge is 2.16. The molecule has 0 atom stereocenters. The number of hydrogen-bond acceptors (Lipinski definition) is 6. The Hall–Kier alpha value is -2.03. The van der Waals surface area contributed by atoms with Gasteiger partial charge in [0.05, 0.1) is 4.34 Å². The molecule has 0 fully saturated rings. The first-order chi connectivity index (χ1) is 10.9. The number of benzene rings is 1. The lowest BCUT2D eigenvalue weighted by molar-refractivity contribution is 0.400. The first kappa shape index (κ1) is 15.9. The molecule has 2 heterocycles. The lowest BCUT2D eigenvalue weighted by atomic mass is 10.3. The summed E-state index contributed by atoms with van der Waals surface area (Å²) in [4.78, 5) is 0. The summed E-state index contributed by atoms with van der Waals surface area (Å²) in [5.41, 5.74) is 1.22. The van der Waals surface area contributed by atoms with Crippen molar-refractivity contribution in [2.24, 2.45) is 0 Å². The number of anilines is 3. The minimum Gasteiger partial charge on any atom is -0.360 e. The molecule has 0 amide bonds. The molecule has 2 N–H and O–H groups in total. The van der Waals surface area contributed by atoms with E-state index in [2.05, 4.69) is 15.2 Å². The van der Waals surface area contributed by atoms with Crippen LogP contribution in [0.1, 0.15) is 5.76 Å². The van der Waals surface area contributed by atoms with Gasteiger partial charge in [0.2, 0.25) is 0 Å². The fourth-order valence-electron chi connectivity index (χ4n) is 1.84. The van der Waals surface area contributed by atoms with Crippen LogP contribution in [0.5, 0.6) is 0 Å². The van der Waals surface area contributed by atoms with Crippen molar-refractivity contribution in [1.82, 2.24) is 5.16 Å². The highest BCUT2D eigenvalue weighted by atomic mass is 35.5. The van der Waals surface area contributed by atoms with Crippen LogP contribution in [0.15, 0.2) is 51.2 Å². The fourth-order valence-corrected chi connectivity index (χ4v) is 4.38. The lowest BCUT2D eigenvalue weighted by Crippen LogP contribution is -2.11. The summed E-state index contributed by atoms with van der Waals surface area (Å²) in [5.74, 6) is 1.29. The summed E-state index contributed by atoms with van der Waals surface area (Å²) < 4.78 is 32.5. The SMILES string of the molecule is Cc1cc(Nc2ccc(NS(=O)(=O)c3ccc(Cl)s3)cc2)no1. The van der Waals surface area contributed by atoms with Crippen LogP contribution in [0.2, 0.25) is 4.34 Å². The van der Waals surface area contributed by atoms with Gasteiger partial charge in [-0.05, 0) is 43.3 Å². The molecular formula is C14H12ClN3O3S2. The average molecular weight is 370 g/mol. The van der Waals surface area contributed by atoms with Gasteiger partial charge in [0, 0.05) is 17.4 Å². The summed E-state index contributed by atoms with van der Waals surface area (Å²) >= 11 is 6.78. The van der Waals surface area contributed by atoms with E-state index in [-0.39, 0.29) is 4.21 Å². The van der Waals surface area contributed by atoms with Gasteiger partial charge >= 0.3 is 0 Å². The van der Waals surface area contributed by atoms with Crippen LogP contribution < -0.4 is 10.0 Å². The molecule has 9 heteroatoms. The molecule has 0 bridgehead atoms. The van der Waals surface area contributed by atoms with E-state index < -0.39 is 10.0 Å². The van der Waals surface area contributed by atoms with E-state index in [1.54, 1.807) is 43.3 Å². The molecule has 3 rings (SSSR count). The normalized spacial score (nSPS) is 11.4. The number of hydrogen-bond donors (Lipinski definition) is 2. The molecule has 0 saturated heterocycles. The van der Waals surface area contributed by atoms with E-state index in [0.29, 0.717) is 21.6 Å². The Morgan fingerprint density at radius 1 is 1.13 bits per heavy atom. The van der Waals surface area contributed by atoms with E-state index in [0.717, 1.165) is 17.0 Å². The highest BCUT2D eigenvalue weighted by molar-refractivity contribution is 7.94. The fraction of sp³-hybridized carbons (Fsp3) is 0.0714. The van der Waals surface area contributed by atoms with E-state index in [1.165, 1.54) is 6.07 Å². The van der Waals surface area contributed by atoms with Gasteiger partial charge in [-0.25, -0.2) is 8.42 Å². The number of nitrogens with one attached hydrogen (secondary N) is 2. The summed E-state index contributed by atoms with van der Waals surface area (Å²) in [6.45, 7) is 1.80. The summed E-state index contributed by atoms with van der Waals surface area (Å²) in [5, 5.41) is 6.88. The molecule has 2 aromatic heterocycles. The second kappa shape index (κ2) is 6.23. The first-order valence-electron chi connectivity index (χ1n) is 6.51. The zero-order valence-electron chi connectivity index (χ0n) is 11.9. The molecule has 6 nitrogen and oxygen atoms in total. The Bertz CT molecular complexity index is 917. The summed E-state index contributed by atoms with van der Waals surface area (Å²) in [6.07, 6.45) is 0. The molecule has 1 aromatic carbocycles. The van der Waals surface area contributed by atoms with Gasteiger partial charge in [-0.2, -0.15) is 0 Å². The van der Waals surface area contributed by atoms with Crippen LogP contribution in [0.3, 0.4) is 0 Å². The van der Waals surface area contributed by atoms with Gasteiger partial charge in [-0.3, -0.25) is 4.72 Å². The second-order valence-electron chi connectivity index (χ2n) is 4.69. The zero-order valence-corrected chi connectivity index (χ0v) is 14.3. The summed E-state index contributed by atoms with van der Waals surface area (Å²) in [6, 6.07) is 11.6. The van der Waals surface area contributed by atoms with E-state index in [9.17, 15) is 8.42 Å². The van der Waals surface area contributed by atoms with E-state index >= 15 is 0 Å². The topological polar surface area (TPSA) is 84.2 Å². The van der Waals surface area contributed by atoms with Crippen molar-refractivity contribution < 1.29 is 12.9 Å². The molecule has 0 aliphatic rings. The Kier molecular flexibility index (Phi) is 4.29. The average Bonchev–Trinajstić information content (AvgIpc) is 3.10. The van der Waals surface area contributed by atoms with Crippen LogP contribution in [-0.4, -0.2) is 13.6 Å². The molecule has 0 radical (unpaired) electrons. The van der Waals surface area contributed by atoms with Crippen molar-refractivity contribution >= 4 is 50.2 Å². The Labute approximate surface area is 142 Å². The second-order valence-corrected chi connectivity index (χ2v) is 8.31. The third-order valence-corrected chi connectivity index (χ3v) is 5.96. The maximum absolute atomic E-state index is 12.2. The smallest absolute Gasteiger partial charge is 0.271 e. The molecule has 3 aromatic rings. The van der Waals surface area contributed by atoms with Crippen LogP contribution in [0.4, 0.5) is 17.2 Å². The third kappa shape index (κ3) is 3.84. The standard InChI is InChI=1S/C14H12ClN3O3S2/c1-9-8-13(17-21-9)16-10-2-4-11(5-3-10)18-23(19,20)14-7-6-12(15)22-14/h2-8,18H,1H3,(H,16,17). The molecular weight excluding hydrogens is 358 g/mol. The molecule has 0 spiro atoms. The molecule has 0 unspecified atom stereocenters. The predicted octanol–water partition coefficient (Wildman–Crippen LogP) is 4.24. The van der Waals surface area contributed by atoms with Gasteiger partial charge < -0.3 is 9.84 Å². The number of thiophene rings is 1. The number of rotatable bonds is 5. The number of aromatic nitrogens is 1. The number of halogens is 1. The van der Waals surface area contributed by atoms with Crippen molar-refractivity contribution in [1.29, 1.82) is 0 Å². The Morgan fingerprint density at radius 2 is 1.83 bits per heavy atom. The highest BCUT2D eigenvalue weighted by Crippen LogP contribution is 2.27. The van der Waals surface area contributed by atoms with Crippen LogP contribution in [0.25, 0.3) is 0 Å². The van der Waals surface area contributed by atoms with Crippen molar-refractivity contribution in [3.63, 3.8) is 0 Å². The summed E-state index contributed by atoms with van der Waals surface area (Å²) in [7, 11) is -3.62. The predicted molar refractivity (Wildman–Crippen MR) is 91.1 cm³/mol. The Morgan fingerprint density at radius 3 is 2.39 bits per heavy atom. The van der Waals surface area contributed by atoms with Crippen molar-refractivity contribution in [3.8, 4) is 0 Å². The van der Waals surface area contributed by atoms with E-state index in [4.69, 9.17) is 16.1 Å². The van der Waals surface area contributed by atoms with Gasteiger partial charge in [-0.1, -0.05) is 16.8 Å². The number of nitrogens with zero attached hydrogens (tertiary/aromatic N) is 1. The van der Waals surface area contributed by atoms with Gasteiger partial charge in [0.15, 0.2) is 5.82 Å².